The van der Waals surface area contributed by atoms with Crippen LogP contribution in [0.25, 0.3) is 0 Å². The Hall–Kier alpha value is -0.880. The third kappa shape index (κ3) is 5.54. The number of carbonyl (C=O) groups is 2. The van der Waals surface area contributed by atoms with Crippen LogP contribution in [0.5, 0.6) is 0 Å². The molecule has 0 aromatic heterocycles. The molecule has 0 radical (unpaired) electrons. The number of hydrogen-bond donors (Lipinski definition) is 1. The molecule has 1 N–H and O–H groups in total. The molecule has 0 saturated heterocycles. The average molecular weight is 247 g/mol. The molecule has 80 valence electrons. The van der Waals surface area contributed by atoms with Gasteiger partial charge in [0.2, 0.25) is 0 Å². The van der Waals surface area contributed by atoms with E-state index in [4.69, 9.17) is 5.11 Å². The SMILES string of the molecule is CC(C(=O)O)C(=O)CN(C#P=O)C#P=O. The van der Waals surface area contributed by atoms with Gasteiger partial charge < -0.3 is 0 Å². The molecular weight excluding hydrogens is 240 g/mol. The van der Waals surface area contributed by atoms with E-state index in [1.807, 2.05) is 0 Å². The molecule has 6 nitrogen and oxygen atoms in total. The van der Waals surface area contributed by atoms with Gasteiger partial charge in [0.25, 0.3) is 0 Å². The summed E-state index contributed by atoms with van der Waals surface area (Å²) in [5, 5.41) is 8.52. The van der Waals surface area contributed by atoms with Gasteiger partial charge in [-0.05, 0) is 0 Å². The molecule has 0 fully saturated rings. The molecule has 0 heterocycles. The first kappa shape index (κ1) is 14.1. The summed E-state index contributed by atoms with van der Waals surface area (Å²) in [7, 11) is -1.01. The third-order valence-electron chi connectivity index (χ3n) is 1.49. The van der Waals surface area contributed by atoms with Gasteiger partial charge in [-0.3, -0.25) is 0 Å². The number of nitrogens with zero attached hydrogens (tertiary/aromatic N) is 1. The van der Waals surface area contributed by atoms with Crippen LogP contribution in [-0.4, -0.2) is 28.3 Å². The van der Waals surface area contributed by atoms with Gasteiger partial charge in [0, 0.05) is 0 Å². The van der Waals surface area contributed by atoms with Crippen molar-refractivity contribution in [3.63, 3.8) is 0 Å². The normalized spacial score (nSPS) is 11.1. The minimum atomic E-state index is -1.25. The van der Waals surface area contributed by atoms with E-state index in [1.54, 1.807) is 0 Å². The van der Waals surface area contributed by atoms with Gasteiger partial charge >= 0.3 is 87.2 Å². The average Bonchev–Trinajstić information content (AvgIpc) is 2.17. The van der Waals surface area contributed by atoms with Gasteiger partial charge in [-0.25, -0.2) is 0 Å². The predicted octanol–water partition coefficient (Wildman–Crippen LogP) is 0.995. The number of carbonyl (C=O) groups excluding carboxylic acids is 1. The number of hydrogen-bond acceptors (Lipinski definition) is 5. The van der Waals surface area contributed by atoms with E-state index in [0.29, 0.717) is 0 Å². The number of carboxylic acids is 1. The zero-order valence-corrected chi connectivity index (χ0v) is 9.50. The van der Waals surface area contributed by atoms with Crippen LogP contribution in [0.2, 0.25) is 0 Å². The van der Waals surface area contributed by atoms with Crippen LogP contribution < -0.4 is 0 Å². The molecule has 0 spiro atoms. The maximum atomic E-state index is 11.2. The van der Waals surface area contributed by atoms with Gasteiger partial charge in [0.05, 0.1) is 0 Å². The van der Waals surface area contributed by atoms with E-state index in [-0.39, 0.29) is 6.54 Å². The van der Waals surface area contributed by atoms with Crippen LogP contribution in [0.3, 0.4) is 0 Å². The molecule has 15 heavy (non-hydrogen) atoms. The number of ketones is 1. The number of rotatable bonds is 4. The molecule has 1 unspecified atom stereocenters. The molecule has 0 aromatic carbocycles. The standard InChI is InChI=1S/C7H7NO5P2/c1-5(7(10)11)6(9)2-8(3-14-12)4-15-13/h5H,2H2,1H3,(H,10,11). The topological polar surface area (TPSA) is 91.8 Å². The molecule has 8 heteroatoms. The van der Waals surface area contributed by atoms with E-state index >= 15 is 0 Å². The first-order valence-electron chi connectivity index (χ1n) is 3.72. The van der Waals surface area contributed by atoms with E-state index in [9.17, 15) is 18.7 Å². The van der Waals surface area contributed by atoms with Crippen LogP contribution in [-0.2, 0) is 18.7 Å². The molecule has 0 rings (SSSR count). The monoisotopic (exact) mass is 247 g/mol. The number of aliphatic carboxylic acids is 1. The van der Waals surface area contributed by atoms with Crippen LogP contribution >= 0.6 is 15.8 Å². The van der Waals surface area contributed by atoms with Crippen LogP contribution in [0, 0.1) is 17.4 Å². The van der Waals surface area contributed by atoms with Crippen molar-refractivity contribution in [2.24, 2.45) is 5.92 Å². The summed E-state index contributed by atoms with van der Waals surface area (Å²) in [5.74, 6) is 1.21. The summed E-state index contributed by atoms with van der Waals surface area (Å²) in [6.07, 6.45) is 0. The Labute approximate surface area is 87.9 Å². The zero-order chi connectivity index (χ0) is 11.8. The van der Waals surface area contributed by atoms with E-state index in [0.717, 1.165) is 4.90 Å². The molecule has 0 aromatic rings. The Morgan fingerprint density at radius 3 is 2.13 bits per heavy atom. The Kier molecular flexibility index (Phi) is 6.98. The fourth-order valence-corrected chi connectivity index (χ4v) is 1.14. The second-order valence-electron chi connectivity index (χ2n) is 2.49. The van der Waals surface area contributed by atoms with Gasteiger partial charge in [-0.1, -0.05) is 0 Å². The summed E-state index contributed by atoms with van der Waals surface area (Å²) >= 11 is 0. The van der Waals surface area contributed by atoms with E-state index in [2.05, 4.69) is 11.5 Å². The van der Waals surface area contributed by atoms with Gasteiger partial charge in [0.1, 0.15) is 0 Å². The summed E-state index contributed by atoms with van der Waals surface area (Å²) in [4.78, 5) is 22.5. The van der Waals surface area contributed by atoms with Crippen LogP contribution in [0.1, 0.15) is 6.92 Å². The second-order valence-corrected chi connectivity index (χ2v) is 3.26. The summed E-state index contributed by atoms with van der Waals surface area (Å²) < 4.78 is 20.3. The summed E-state index contributed by atoms with van der Waals surface area (Å²) in [6, 6.07) is 0. The molecule has 1 atom stereocenters. The van der Waals surface area contributed by atoms with Crippen LogP contribution in [0.15, 0.2) is 0 Å². The molecule has 0 aliphatic heterocycles. The summed E-state index contributed by atoms with van der Waals surface area (Å²) in [5.41, 5.74) is 0. The van der Waals surface area contributed by atoms with Gasteiger partial charge in [-0.2, -0.15) is 0 Å². The van der Waals surface area contributed by atoms with Crippen molar-refractivity contribution < 1.29 is 23.8 Å². The fourth-order valence-electron chi connectivity index (χ4n) is 0.622. The van der Waals surface area contributed by atoms with E-state index < -0.39 is 33.5 Å². The Bertz CT molecular complexity index is 434. The van der Waals surface area contributed by atoms with Crippen molar-refractivity contribution in [1.29, 1.82) is 0 Å². The molecule has 0 bridgehead atoms. The first-order chi connectivity index (χ1) is 7.02. The molecule has 0 amide bonds. The third-order valence-corrected chi connectivity index (χ3v) is 2.14. The molecule has 0 aliphatic rings. The van der Waals surface area contributed by atoms with E-state index in [1.165, 1.54) is 6.92 Å². The van der Waals surface area contributed by atoms with Gasteiger partial charge in [-0.15, -0.1) is 0 Å². The van der Waals surface area contributed by atoms with Crippen molar-refractivity contribution in [3.05, 3.63) is 0 Å². The molecule has 0 aliphatic carbocycles. The van der Waals surface area contributed by atoms with Crippen molar-refractivity contribution in [1.82, 2.24) is 4.90 Å². The Balaban J connectivity index is 4.65. The predicted molar refractivity (Wildman–Crippen MR) is 51.5 cm³/mol. The number of carboxylic acid groups (broad SMARTS) is 1. The summed E-state index contributed by atoms with van der Waals surface area (Å²) in [6.45, 7) is 0.852. The maximum absolute atomic E-state index is 11.2. The van der Waals surface area contributed by atoms with Crippen molar-refractivity contribution in [2.45, 2.75) is 6.92 Å². The minimum absolute atomic E-state index is 0.377. The number of Topliss-reactive ketones (excluding diaryl/α,β-unsaturated/α-hetero) is 1. The first-order valence-corrected chi connectivity index (χ1v) is 5.34. The van der Waals surface area contributed by atoms with Crippen molar-refractivity contribution in [2.75, 3.05) is 6.54 Å². The van der Waals surface area contributed by atoms with Crippen molar-refractivity contribution >= 4 is 27.6 Å². The van der Waals surface area contributed by atoms with Crippen molar-refractivity contribution in [3.8, 4) is 11.5 Å². The Morgan fingerprint density at radius 1 is 1.33 bits per heavy atom. The van der Waals surface area contributed by atoms with Crippen LogP contribution in [0.4, 0.5) is 0 Å². The zero-order valence-electron chi connectivity index (χ0n) is 7.71. The molecule has 0 saturated carbocycles. The second kappa shape index (κ2) is 7.42. The molecular formula is C7H7NO5P2. The Morgan fingerprint density at radius 2 is 1.80 bits per heavy atom. The quantitative estimate of drug-likeness (QED) is 0.452. The fraction of sp³-hybridized carbons (Fsp3) is 0.429. The van der Waals surface area contributed by atoms with Gasteiger partial charge in [0.15, 0.2) is 0 Å².